The summed E-state index contributed by atoms with van der Waals surface area (Å²) in [6.07, 6.45) is -4.80. The second kappa shape index (κ2) is 9.77. The van der Waals surface area contributed by atoms with Gasteiger partial charge in [-0.15, -0.1) is 0 Å². The minimum atomic E-state index is -1.72. The van der Waals surface area contributed by atoms with Gasteiger partial charge in [0.2, 0.25) is 0 Å². The molecule has 2 aliphatic rings. The Bertz CT molecular complexity index is 2180. The molecule has 1 fully saturated rings. The predicted octanol–water partition coefficient (Wildman–Crippen LogP) is 1.71. The number of aliphatic hydroxyl groups excluding tert-OH is 4. The quantitative estimate of drug-likeness (QED) is 0.131. The Morgan fingerprint density at radius 3 is 2.29 bits per heavy atom. The number of amides is 2. The van der Waals surface area contributed by atoms with E-state index < -0.39 is 49.1 Å². The van der Waals surface area contributed by atoms with Gasteiger partial charge in [-0.25, -0.2) is 10.4 Å². The highest BCUT2D eigenvalue weighted by Gasteiger charge is 2.47. The fourth-order valence-corrected chi connectivity index (χ4v) is 6.68. The largest absolute Gasteiger partial charge is 0.508 e. The van der Waals surface area contributed by atoms with Crippen LogP contribution in [0.5, 0.6) is 11.5 Å². The molecular weight excluding hydrogens is 588 g/mol. The molecule has 8 rings (SSSR count). The minimum absolute atomic E-state index is 0.0489. The van der Waals surface area contributed by atoms with Crippen molar-refractivity contribution in [2.24, 2.45) is 0 Å². The second-order valence-corrected chi connectivity index (χ2v) is 11.3. The van der Waals surface area contributed by atoms with Gasteiger partial charge in [0.05, 0.1) is 52.3 Å². The number of aromatic hydroxyl groups is 2. The number of phenols is 2. The number of carbonyl (C=O) groups excluding carboxylic acids is 2. The molecule has 3 aromatic carbocycles. The molecule has 0 spiro atoms. The first-order valence-electron chi connectivity index (χ1n) is 14.1. The van der Waals surface area contributed by atoms with E-state index in [4.69, 9.17) is 9.15 Å². The molecule has 0 radical (unpaired) electrons. The number of aliphatic hydroxyl groups is 4. The number of hydrogen-bond acceptors (Lipinski definition) is 11. The first kappa shape index (κ1) is 27.6. The summed E-state index contributed by atoms with van der Waals surface area (Å²) in [6.45, 7) is -0.568. The number of furan rings is 1. The van der Waals surface area contributed by atoms with Crippen LogP contribution in [-0.4, -0.2) is 88.0 Å². The molecule has 1 saturated heterocycles. The van der Waals surface area contributed by atoms with E-state index in [1.807, 2.05) is 0 Å². The van der Waals surface area contributed by atoms with Crippen LogP contribution in [0.2, 0.25) is 0 Å². The number of nitrogens with zero attached hydrogens (tertiary/aromatic N) is 2. The Labute approximate surface area is 251 Å². The van der Waals surface area contributed by atoms with Crippen molar-refractivity contribution in [3.63, 3.8) is 0 Å². The normalized spacial score (nSPS) is 23.7. The average molecular weight is 615 g/mol. The number of phenolic OH excluding ortho intramolecular Hbond substituents is 2. The van der Waals surface area contributed by atoms with Gasteiger partial charge in [0, 0.05) is 45.8 Å². The van der Waals surface area contributed by atoms with E-state index in [1.165, 1.54) is 41.4 Å². The number of ether oxygens (including phenoxy) is 1. The Morgan fingerprint density at radius 1 is 0.867 bits per heavy atom. The van der Waals surface area contributed by atoms with Gasteiger partial charge in [0.25, 0.3) is 11.8 Å². The van der Waals surface area contributed by atoms with Crippen molar-refractivity contribution in [2.75, 3.05) is 6.61 Å². The van der Waals surface area contributed by atoms with E-state index >= 15 is 0 Å². The number of carbonyl (C=O) groups is 2. The van der Waals surface area contributed by atoms with Gasteiger partial charge in [-0.05, 0) is 30.3 Å². The van der Waals surface area contributed by atoms with Crippen LogP contribution < -0.4 is 5.43 Å². The highest BCUT2D eigenvalue weighted by molar-refractivity contribution is 6.39. The fraction of sp³-hybridized carbons (Fsp3) is 0.226. The number of H-pyrrole nitrogens is 1. The average Bonchev–Trinajstić information content (AvgIpc) is 3.79. The van der Waals surface area contributed by atoms with E-state index in [1.54, 1.807) is 18.2 Å². The van der Waals surface area contributed by atoms with Crippen LogP contribution in [0.25, 0.3) is 43.6 Å². The number of rotatable bonds is 5. The molecule has 14 heteroatoms. The molecule has 2 aliphatic heterocycles. The monoisotopic (exact) mass is 614 g/mol. The maximum Gasteiger partial charge on any atom is 0.276 e. The molecule has 45 heavy (non-hydrogen) atoms. The minimum Gasteiger partial charge on any atom is -0.508 e. The van der Waals surface area contributed by atoms with Crippen molar-refractivity contribution < 1.29 is 49.4 Å². The van der Waals surface area contributed by atoms with Crippen LogP contribution in [0, 0.1) is 0 Å². The third-order valence-corrected chi connectivity index (χ3v) is 8.73. The Balaban J connectivity index is 1.49. The molecule has 0 unspecified atom stereocenters. The Morgan fingerprint density at radius 2 is 1.58 bits per heavy atom. The highest BCUT2D eigenvalue weighted by atomic mass is 16.6. The lowest BCUT2D eigenvalue weighted by Crippen LogP contribution is -2.56. The third kappa shape index (κ3) is 3.78. The van der Waals surface area contributed by atoms with Gasteiger partial charge in [-0.2, -0.15) is 0 Å². The molecular formula is C31H26N4O10. The van der Waals surface area contributed by atoms with E-state index in [-0.39, 0.29) is 40.2 Å². The summed E-state index contributed by atoms with van der Waals surface area (Å²) < 4.78 is 12.6. The van der Waals surface area contributed by atoms with Crippen LogP contribution >= 0.6 is 0 Å². The smallest absolute Gasteiger partial charge is 0.276 e. The lowest BCUT2D eigenvalue weighted by molar-refractivity contribution is -0.249. The van der Waals surface area contributed by atoms with Crippen molar-refractivity contribution in [1.29, 1.82) is 0 Å². The number of imide groups is 1. The third-order valence-electron chi connectivity index (χ3n) is 8.73. The van der Waals surface area contributed by atoms with Crippen molar-refractivity contribution in [3.05, 3.63) is 71.7 Å². The summed E-state index contributed by atoms with van der Waals surface area (Å²) in [7, 11) is 0. The highest BCUT2D eigenvalue weighted by Crippen LogP contribution is 2.47. The van der Waals surface area contributed by atoms with Crippen molar-refractivity contribution in [3.8, 4) is 11.5 Å². The summed E-state index contributed by atoms with van der Waals surface area (Å²) in [5.74, 6) is -1.48. The predicted molar refractivity (Wildman–Crippen MR) is 157 cm³/mol. The van der Waals surface area contributed by atoms with Gasteiger partial charge >= 0.3 is 0 Å². The summed E-state index contributed by atoms with van der Waals surface area (Å²) in [6, 6.07) is 10.6. The molecule has 0 bridgehead atoms. The van der Waals surface area contributed by atoms with Gasteiger partial charge in [0.1, 0.15) is 35.9 Å². The fourth-order valence-electron chi connectivity index (χ4n) is 6.68. The van der Waals surface area contributed by atoms with Crippen molar-refractivity contribution in [2.45, 2.75) is 37.2 Å². The lowest BCUT2D eigenvalue weighted by Gasteiger charge is -2.41. The molecule has 3 aromatic heterocycles. The molecule has 14 nitrogen and oxygen atoms in total. The van der Waals surface area contributed by atoms with Gasteiger partial charge in [-0.1, -0.05) is 0 Å². The Kier molecular flexibility index (Phi) is 5.99. The van der Waals surface area contributed by atoms with E-state index in [2.05, 4.69) is 10.4 Å². The number of nitrogens with one attached hydrogen (secondary N) is 2. The molecule has 230 valence electrons. The zero-order valence-corrected chi connectivity index (χ0v) is 23.2. The molecule has 2 amide bonds. The summed E-state index contributed by atoms with van der Waals surface area (Å²) in [5.41, 5.74) is 5.07. The molecule has 0 aliphatic carbocycles. The zero-order chi connectivity index (χ0) is 31.3. The van der Waals surface area contributed by atoms with E-state index in [0.29, 0.717) is 38.1 Å². The van der Waals surface area contributed by atoms with E-state index in [9.17, 15) is 40.2 Å². The lowest BCUT2D eigenvalue weighted by atomic mass is 9.96. The van der Waals surface area contributed by atoms with Crippen LogP contribution in [0.15, 0.2) is 59.4 Å². The number of hydrazine groups is 1. The number of aromatic amines is 1. The summed E-state index contributed by atoms with van der Waals surface area (Å²) in [5, 5.41) is 65.7. The van der Waals surface area contributed by atoms with Crippen LogP contribution in [0.3, 0.4) is 0 Å². The van der Waals surface area contributed by atoms with E-state index in [0.717, 1.165) is 5.01 Å². The standard InChI is InChI=1S/C31H26N4O10/c36-10-19-26(39)27(40)28(41)31(45-19)34-18-8-14(38)2-4-16(18)21-23-22(29(42)35(30(23)43)32-9-12-5-6-44-11-12)20-15-3-1-13(37)7-17(15)33-24(20)25(21)34/h1-8,11,19,26-28,31-33,36-41H,9-10H2/t19-,26-,27+,28-,31-/m1/s1. The SMILES string of the molecule is O=C1c2c(c3c4ccc(O)cc4n([C@@H]4O[C@H](CO)[C@@H](O)[C@H](O)[C@H]4O)c3c3[nH]c4cc(O)ccc4c23)C(=O)N1NCc1ccoc1. The van der Waals surface area contributed by atoms with Crippen LogP contribution in [-0.2, 0) is 11.3 Å². The number of hydrogen-bond donors (Lipinski definition) is 8. The Hall–Kier alpha value is -4.96. The zero-order valence-electron chi connectivity index (χ0n) is 23.2. The molecule has 6 aromatic rings. The molecule has 8 N–H and O–H groups in total. The number of fused-ring (bicyclic) bond motifs is 10. The van der Waals surface area contributed by atoms with Crippen molar-refractivity contribution >= 4 is 55.4 Å². The molecule has 0 saturated carbocycles. The van der Waals surface area contributed by atoms with Crippen LogP contribution in [0.4, 0.5) is 0 Å². The first-order valence-corrected chi connectivity index (χ1v) is 14.1. The topological polar surface area (TPSA) is 214 Å². The van der Waals surface area contributed by atoms with Gasteiger partial charge in [0.15, 0.2) is 6.23 Å². The van der Waals surface area contributed by atoms with Crippen molar-refractivity contribution in [1.82, 2.24) is 20.0 Å². The van der Waals surface area contributed by atoms with Crippen LogP contribution in [0.1, 0.15) is 32.5 Å². The molecule has 5 heterocycles. The summed E-state index contributed by atoms with van der Waals surface area (Å²) >= 11 is 0. The van der Waals surface area contributed by atoms with Gasteiger partial charge in [-0.3, -0.25) is 9.59 Å². The maximum absolute atomic E-state index is 14.2. The first-order chi connectivity index (χ1) is 21.7. The molecule has 5 atom stereocenters. The number of benzene rings is 3. The number of aromatic nitrogens is 2. The second-order valence-electron chi connectivity index (χ2n) is 11.3. The van der Waals surface area contributed by atoms with Gasteiger partial charge < -0.3 is 49.3 Å². The maximum atomic E-state index is 14.2. The summed E-state index contributed by atoms with van der Waals surface area (Å²) in [4.78, 5) is 31.6.